The summed E-state index contributed by atoms with van der Waals surface area (Å²) >= 11 is 14.4. The molecule has 3 nitrogen and oxygen atoms in total. The lowest BCUT2D eigenvalue weighted by Crippen LogP contribution is -2.09. The Balaban J connectivity index is -0.0000000419. The molecule has 0 bridgehead atoms. The fourth-order valence-electron chi connectivity index (χ4n) is 0.250. The van der Waals surface area contributed by atoms with Crippen molar-refractivity contribution >= 4 is 34.8 Å². The van der Waals surface area contributed by atoms with Gasteiger partial charge in [0.25, 0.3) is 0 Å². The molecule has 0 atom stereocenters. The van der Waals surface area contributed by atoms with Crippen LogP contribution in [0.2, 0.25) is 0 Å². The number of hydrogen-bond acceptors (Lipinski definition) is 2. The maximum absolute atomic E-state index is 7.00. The van der Waals surface area contributed by atoms with E-state index in [4.69, 9.17) is 39.9 Å². The molecule has 6 heteroatoms. The Labute approximate surface area is 89.3 Å². The zero-order chi connectivity index (χ0) is 9.70. The van der Waals surface area contributed by atoms with E-state index in [1.165, 1.54) is 0 Å². The van der Waals surface area contributed by atoms with Crippen LogP contribution in [0, 0.1) is 0 Å². The molecule has 0 aromatic rings. The third kappa shape index (κ3) is 135. The summed E-state index contributed by atoms with van der Waals surface area (Å²) in [4.78, 5) is 0. The largest absolute Gasteiger partial charge is 0.412 e. The molecule has 0 saturated heterocycles. The quantitative estimate of drug-likeness (QED) is 0.719. The van der Waals surface area contributed by atoms with Crippen LogP contribution in [0.25, 0.3) is 0 Å². The van der Waals surface area contributed by atoms with Crippen molar-refractivity contribution in [1.29, 1.82) is 0 Å². The number of rotatable bonds is 2. The molecular weight excluding hydrogens is 224 g/mol. The van der Waals surface area contributed by atoms with Crippen molar-refractivity contribution < 1.29 is 10.6 Å². The lowest BCUT2D eigenvalue weighted by molar-refractivity contribution is 0.399. The Kier molecular flexibility index (Phi) is 57.1. The van der Waals surface area contributed by atoms with E-state index in [0.29, 0.717) is 0 Å². The van der Waals surface area contributed by atoms with Crippen molar-refractivity contribution in [3.8, 4) is 0 Å². The van der Waals surface area contributed by atoms with Gasteiger partial charge in [0, 0.05) is 7.11 Å². The zero-order valence-electron chi connectivity index (χ0n) is 7.57. The molecule has 12 heavy (non-hydrogen) atoms. The predicted molar refractivity (Wildman–Crippen MR) is 57.3 cm³/mol. The van der Waals surface area contributed by atoms with Gasteiger partial charge in [-0.15, -0.1) is 0 Å². The fraction of sp³-hybridized carbons (Fsp3) is 1.00. The molecule has 0 rings (SSSR count). The third-order valence-corrected chi connectivity index (χ3v) is 0.500. The second-order valence-electron chi connectivity index (χ2n) is 1.20. The SMILES string of the molecule is CCNCC.CO.ClC(Cl)Cl.O. The van der Waals surface area contributed by atoms with Crippen molar-refractivity contribution in [2.24, 2.45) is 0 Å². The summed E-state index contributed by atoms with van der Waals surface area (Å²) < 4.78 is -0.750. The van der Waals surface area contributed by atoms with Gasteiger partial charge in [-0.2, -0.15) is 0 Å². The molecule has 0 amide bonds. The normalized spacial score (nSPS) is 7.00. The first kappa shape index (κ1) is 23.0. The highest BCUT2D eigenvalue weighted by Crippen LogP contribution is 2.03. The molecule has 0 aliphatic carbocycles. The van der Waals surface area contributed by atoms with E-state index in [2.05, 4.69) is 19.2 Å². The minimum atomic E-state index is -0.750. The van der Waals surface area contributed by atoms with E-state index in [-0.39, 0.29) is 5.48 Å². The highest BCUT2D eigenvalue weighted by atomic mass is 35.6. The van der Waals surface area contributed by atoms with Gasteiger partial charge in [-0.05, 0) is 13.1 Å². The van der Waals surface area contributed by atoms with E-state index in [1.807, 2.05) is 0 Å². The molecule has 0 aromatic heterocycles. The Morgan fingerprint density at radius 1 is 1.08 bits per heavy atom. The lowest BCUT2D eigenvalue weighted by atomic mass is 10.7. The van der Waals surface area contributed by atoms with Gasteiger partial charge in [0.2, 0.25) is 0 Å². The average Bonchev–Trinajstić information content (AvgIpc) is 1.93. The zero-order valence-corrected chi connectivity index (χ0v) is 9.84. The number of hydrogen-bond donors (Lipinski definition) is 2. The van der Waals surface area contributed by atoms with E-state index in [9.17, 15) is 0 Å². The third-order valence-electron chi connectivity index (χ3n) is 0.500. The first-order chi connectivity index (χ1) is 5.15. The van der Waals surface area contributed by atoms with Gasteiger partial charge >= 0.3 is 0 Å². The standard InChI is InChI=1S/C4H11N.CHCl3.CH4O.H2O/c1-3-5-4-2;2-1(3)4;1-2;/h5H,3-4H2,1-2H3;1H;2H,1H3;1H2. The maximum Gasteiger partial charge on any atom is 0.180 e. The molecule has 0 aliphatic heterocycles. The summed E-state index contributed by atoms with van der Waals surface area (Å²) in [7, 11) is 1.00. The molecule has 0 saturated carbocycles. The molecule has 80 valence electrons. The molecule has 0 spiro atoms. The minimum absolute atomic E-state index is 0. The Hall–Kier alpha value is 0.750. The van der Waals surface area contributed by atoms with Crippen LogP contribution in [0.5, 0.6) is 0 Å². The molecule has 0 unspecified atom stereocenters. The van der Waals surface area contributed by atoms with Gasteiger partial charge in [-0.25, -0.2) is 0 Å². The van der Waals surface area contributed by atoms with Gasteiger partial charge < -0.3 is 15.9 Å². The van der Waals surface area contributed by atoms with Crippen molar-refractivity contribution in [1.82, 2.24) is 5.32 Å². The summed E-state index contributed by atoms with van der Waals surface area (Å²) in [6.45, 7) is 6.39. The topological polar surface area (TPSA) is 63.8 Å². The first-order valence-electron chi connectivity index (χ1n) is 3.22. The fourth-order valence-corrected chi connectivity index (χ4v) is 0.250. The van der Waals surface area contributed by atoms with Gasteiger partial charge in [-0.1, -0.05) is 48.7 Å². The van der Waals surface area contributed by atoms with Crippen molar-refractivity contribution in [2.75, 3.05) is 20.2 Å². The van der Waals surface area contributed by atoms with Crippen LogP contribution < -0.4 is 5.32 Å². The number of aliphatic hydroxyl groups is 1. The molecule has 0 aliphatic rings. The summed E-state index contributed by atoms with van der Waals surface area (Å²) in [5.41, 5.74) is 0. The first-order valence-corrected chi connectivity index (χ1v) is 4.53. The number of halogens is 3. The van der Waals surface area contributed by atoms with Crippen LogP contribution in [0.3, 0.4) is 0 Å². The highest BCUT2D eigenvalue weighted by molar-refractivity contribution is 6.63. The molecular formula is C6H18Cl3NO2. The Morgan fingerprint density at radius 3 is 1.25 bits per heavy atom. The minimum Gasteiger partial charge on any atom is -0.412 e. The van der Waals surface area contributed by atoms with Crippen LogP contribution in [-0.4, -0.2) is 35.1 Å². The van der Waals surface area contributed by atoms with Crippen molar-refractivity contribution in [2.45, 2.75) is 18.1 Å². The molecule has 0 radical (unpaired) electrons. The Bertz CT molecular complexity index is 45.0. The molecule has 0 fully saturated rings. The van der Waals surface area contributed by atoms with Crippen LogP contribution in [0.1, 0.15) is 13.8 Å². The van der Waals surface area contributed by atoms with Crippen LogP contribution >= 0.6 is 34.8 Å². The molecule has 4 N–H and O–H groups in total. The summed E-state index contributed by atoms with van der Waals surface area (Å²) in [6, 6.07) is 0. The average molecular weight is 243 g/mol. The second-order valence-corrected chi connectivity index (χ2v) is 3.18. The number of aliphatic hydroxyl groups excluding tert-OH is 1. The van der Waals surface area contributed by atoms with Crippen LogP contribution in [0.4, 0.5) is 0 Å². The molecule has 0 heterocycles. The highest BCUT2D eigenvalue weighted by Gasteiger charge is 1.78. The van der Waals surface area contributed by atoms with Gasteiger partial charge in [0.15, 0.2) is 4.30 Å². The summed E-state index contributed by atoms with van der Waals surface area (Å²) in [5.74, 6) is 0. The summed E-state index contributed by atoms with van der Waals surface area (Å²) in [5, 5.41) is 10.1. The van der Waals surface area contributed by atoms with Crippen molar-refractivity contribution in [3.05, 3.63) is 0 Å². The van der Waals surface area contributed by atoms with E-state index < -0.39 is 4.30 Å². The monoisotopic (exact) mass is 241 g/mol. The maximum atomic E-state index is 7.00. The van der Waals surface area contributed by atoms with Gasteiger partial charge in [0.05, 0.1) is 0 Å². The smallest absolute Gasteiger partial charge is 0.180 e. The number of nitrogens with one attached hydrogen (secondary N) is 1. The van der Waals surface area contributed by atoms with Gasteiger partial charge in [-0.3, -0.25) is 0 Å². The van der Waals surface area contributed by atoms with Gasteiger partial charge in [0.1, 0.15) is 0 Å². The van der Waals surface area contributed by atoms with Crippen LogP contribution in [0.15, 0.2) is 0 Å². The van der Waals surface area contributed by atoms with E-state index in [0.717, 1.165) is 20.2 Å². The van der Waals surface area contributed by atoms with Crippen molar-refractivity contribution in [3.63, 3.8) is 0 Å². The van der Waals surface area contributed by atoms with E-state index >= 15 is 0 Å². The Morgan fingerprint density at radius 2 is 1.25 bits per heavy atom. The lowest BCUT2D eigenvalue weighted by Gasteiger charge is -1.86. The molecule has 0 aromatic carbocycles. The second kappa shape index (κ2) is 29.8. The van der Waals surface area contributed by atoms with Crippen LogP contribution in [-0.2, 0) is 0 Å². The summed E-state index contributed by atoms with van der Waals surface area (Å²) in [6.07, 6.45) is 0. The predicted octanol–water partition coefficient (Wildman–Crippen LogP) is 1.39. The van der Waals surface area contributed by atoms with E-state index in [1.54, 1.807) is 0 Å². The number of alkyl halides is 3.